The van der Waals surface area contributed by atoms with Crippen molar-refractivity contribution in [3.63, 3.8) is 0 Å². The van der Waals surface area contributed by atoms with Gasteiger partial charge in [0.15, 0.2) is 5.65 Å². The first-order valence-electron chi connectivity index (χ1n) is 22.4. The highest BCUT2D eigenvalue weighted by atomic mass is 16.5. The third-order valence-corrected chi connectivity index (χ3v) is 13.0. The standard InChI is InChI=1S/C49H57N11O4/c1-30-25-35(9-13-39(30)32(3)51-46(62)45-53-47(64-56-45)49(4,5)6)43-40-27-36(28-50-44(40)55-54-43)34-7-10-37(11-8-34)59-23-21-57(22-24-59)29-33-15-18-58(19-16-33)38-12-14-41(31(2)26-38)60-20-17-42(61)52-48(60)63/h7-14,25-28,32-33H,15-24,29H2,1-6H3,(H,51,62)(H,50,54,55)(H,52,61,63)/t32-/m1/s1. The number of nitrogens with zero attached hydrogens (tertiary/aromatic N) is 8. The van der Waals surface area contributed by atoms with Gasteiger partial charge in [-0.3, -0.25) is 29.8 Å². The fraction of sp³-hybridized carbons (Fsp3) is 0.408. The average Bonchev–Trinajstić information content (AvgIpc) is 3.96. The lowest BCUT2D eigenvalue weighted by molar-refractivity contribution is -0.120. The molecule has 1 atom stereocenters. The van der Waals surface area contributed by atoms with Gasteiger partial charge < -0.3 is 19.6 Å². The van der Waals surface area contributed by atoms with Crippen molar-refractivity contribution in [1.82, 2.24) is 40.9 Å². The predicted octanol–water partition coefficient (Wildman–Crippen LogP) is 7.57. The van der Waals surface area contributed by atoms with E-state index < -0.39 is 0 Å². The van der Waals surface area contributed by atoms with Crippen LogP contribution >= 0.6 is 0 Å². The van der Waals surface area contributed by atoms with Gasteiger partial charge >= 0.3 is 6.03 Å². The Bertz CT molecular complexity index is 2690. The summed E-state index contributed by atoms with van der Waals surface area (Å²) in [7, 11) is 0. The highest BCUT2D eigenvalue weighted by Crippen LogP contribution is 2.34. The van der Waals surface area contributed by atoms with Crippen molar-refractivity contribution < 1.29 is 18.9 Å². The first-order chi connectivity index (χ1) is 30.8. The molecule has 3 aliphatic rings. The van der Waals surface area contributed by atoms with Crippen LogP contribution in [0.4, 0.5) is 21.9 Å². The fourth-order valence-corrected chi connectivity index (χ4v) is 9.28. The van der Waals surface area contributed by atoms with Crippen LogP contribution in [0.3, 0.4) is 0 Å². The second kappa shape index (κ2) is 17.5. The van der Waals surface area contributed by atoms with Gasteiger partial charge in [-0.05, 0) is 104 Å². The number of aromatic nitrogens is 5. The minimum atomic E-state index is -0.381. The number of piperazine rings is 1. The Morgan fingerprint density at radius 3 is 2.25 bits per heavy atom. The van der Waals surface area contributed by atoms with Crippen molar-refractivity contribution in [3.8, 4) is 22.4 Å². The molecule has 0 radical (unpaired) electrons. The fourth-order valence-electron chi connectivity index (χ4n) is 9.28. The SMILES string of the molecule is Cc1cc(-c2[nH]nc3ncc(-c4ccc(N5CCN(CC6CCN(c7ccc(N8CCC(=O)NC8=O)c(C)c7)CC6)CC5)cc4)cc23)ccc1[C@@H](C)NC(=O)c1noc(C(C)(C)C)n1. The average molecular weight is 864 g/mol. The molecule has 64 heavy (non-hydrogen) atoms. The molecule has 332 valence electrons. The number of urea groups is 1. The third-order valence-electron chi connectivity index (χ3n) is 13.0. The monoisotopic (exact) mass is 863 g/mol. The number of imide groups is 1. The van der Waals surface area contributed by atoms with Gasteiger partial charge in [-0.25, -0.2) is 9.78 Å². The van der Waals surface area contributed by atoms with Crippen molar-refractivity contribution in [1.29, 1.82) is 0 Å². The number of fused-ring (bicyclic) bond motifs is 1. The van der Waals surface area contributed by atoms with Crippen molar-refractivity contribution >= 4 is 45.9 Å². The summed E-state index contributed by atoms with van der Waals surface area (Å²) < 4.78 is 5.32. The zero-order valence-corrected chi connectivity index (χ0v) is 37.6. The first-order valence-corrected chi connectivity index (χ1v) is 22.4. The number of carbonyl (C=O) groups excluding carboxylic acids is 3. The number of anilines is 3. The topological polar surface area (TPSA) is 169 Å². The highest BCUT2D eigenvalue weighted by Gasteiger charge is 2.29. The molecular formula is C49H57N11O4. The van der Waals surface area contributed by atoms with Crippen LogP contribution in [0.2, 0.25) is 0 Å². The molecule has 0 spiro atoms. The number of amides is 4. The van der Waals surface area contributed by atoms with Crippen LogP contribution < -0.4 is 25.3 Å². The van der Waals surface area contributed by atoms with E-state index in [-0.39, 0.29) is 35.1 Å². The number of hydrogen-bond acceptors (Lipinski definition) is 11. The normalized spacial score (nSPS) is 17.2. The van der Waals surface area contributed by atoms with Gasteiger partial charge in [-0.1, -0.05) is 50.2 Å². The number of H-pyrrole nitrogens is 1. The summed E-state index contributed by atoms with van der Waals surface area (Å²) in [6.07, 6.45) is 4.53. The summed E-state index contributed by atoms with van der Waals surface area (Å²) in [6.45, 7) is 19.6. The lowest BCUT2D eigenvalue weighted by Gasteiger charge is -2.40. The summed E-state index contributed by atoms with van der Waals surface area (Å²) in [6, 6.07) is 22.9. The molecule has 3 aromatic carbocycles. The third kappa shape index (κ3) is 8.94. The number of benzene rings is 3. The van der Waals surface area contributed by atoms with E-state index in [9.17, 15) is 14.4 Å². The summed E-state index contributed by atoms with van der Waals surface area (Å²) in [5.74, 6) is 0.526. The maximum absolute atomic E-state index is 13.0. The van der Waals surface area contributed by atoms with Crippen LogP contribution in [-0.4, -0.2) is 100 Å². The van der Waals surface area contributed by atoms with Gasteiger partial charge in [-0.15, -0.1) is 0 Å². The second-order valence-electron chi connectivity index (χ2n) is 18.6. The van der Waals surface area contributed by atoms with E-state index in [1.807, 2.05) is 65.9 Å². The van der Waals surface area contributed by atoms with E-state index >= 15 is 0 Å². The van der Waals surface area contributed by atoms with Crippen LogP contribution in [0.15, 0.2) is 77.4 Å². The van der Waals surface area contributed by atoms with Gasteiger partial charge in [0.1, 0.15) is 0 Å². The predicted molar refractivity (Wildman–Crippen MR) is 249 cm³/mol. The Morgan fingerprint density at radius 2 is 1.56 bits per heavy atom. The molecule has 3 N–H and O–H groups in total. The summed E-state index contributed by atoms with van der Waals surface area (Å²) in [5.41, 5.74) is 10.7. The number of rotatable bonds is 10. The molecular weight excluding hydrogens is 807 g/mol. The van der Waals surface area contributed by atoms with Crippen LogP contribution in [0.5, 0.6) is 0 Å². The van der Waals surface area contributed by atoms with Gasteiger partial charge in [0.25, 0.3) is 11.7 Å². The largest absolute Gasteiger partial charge is 0.372 e. The maximum atomic E-state index is 13.0. The van der Waals surface area contributed by atoms with E-state index in [2.05, 4.69) is 94.2 Å². The van der Waals surface area contributed by atoms with E-state index in [1.54, 1.807) is 4.90 Å². The number of hydrogen-bond donors (Lipinski definition) is 3. The second-order valence-corrected chi connectivity index (χ2v) is 18.6. The van der Waals surface area contributed by atoms with Gasteiger partial charge in [0.05, 0.1) is 11.7 Å². The molecule has 3 fully saturated rings. The van der Waals surface area contributed by atoms with Crippen molar-refractivity contribution in [2.75, 3.05) is 67.1 Å². The van der Waals surface area contributed by atoms with E-state index in [1.165, 1.54) is 11.4 Å². The van der Waals surface area contributed by atoms with Crippen molar-refractivity contribution in [3.05, 3.63) is 101 Å². The molecule has 6 heterocycles. The number of pyridine rings is 1. The number of piperidine rings is 1. The lowest BCUT2D eigenvalue weighted by atomic mass is 9.95. The minimum Gasteiger partial charge on any atom is -0.372 e. The molecule has 9 rings (SSSR count). The molecule has 0 aliphatic carbocycles. The molecule has 4 amide bonds. The lowest BCUT2D eigenvalue weighted by Crippen LogP contribution is -2.49. The Kier molecular flexibility index (Phi) is 11.7. The molecule has 3 aliphatic heterocycles. The zero-order chi connectivity index (χ0) is 44.7. The van der Waals surface area contributed by atoms with Crippen molar-refractivity contribution in [2.45, 2.75) is 72.3 Å². The van der Waals surface area contributed by atoms with Crippen LogP contribution in [0.25, 0.3) is 33.4 Å². The Morgan fingerprint density at radius 1 is 0.844 bits per heavy atom. The molecule has 15 nitrogen and oxygen atoms in total. The molecule has 3 aromatic heterocycles. The minimum absolute atomic E-state index is 0.0246. The molecule has 3 saturated heterocycles. The van der Waals surface area contributed by atoms with Gasteiger partial charge in [0, 0.05) is 104 Å². The maximum Gasteiger partial charge on any atom is 0.328 e. The number of nitrogens with one attached hydrogen (secondary N) is 3. The van der Waals surface area contributed by atoms with Crippen LogP contribution in [0.1, 0.15) is 86.2 Å². The molecule has 0 bridgehead atoms. The molecule has 0 saturated carbocycles. The molecule has 0 unspecified atom stereocenters. The van der Waals surface area contributed by atoms with E-state index in [4.69, 9.17) is 9.51 Å². The zero-order valence-electron chi connectivity index (χ0n) is 37.6. The van der Waals surface area contributed by atoms with Crippen LogP contribution in [-0.2, 0) is 10.2 Å². The highest BCUT2D eigenvalue weighted by molar-refractivity contribution is 6.06. The van der Waals surface area contributed by atoms with Crippen molar-refractivity contribution in [2.24, 2.45) is 5.92 Å². The Hall–Kier alpha value is -6.61. The summed E-state index contributed by atoms with van der Waals surface area (Å²) >= 11 is 0. The molecule has 15 heteroatoms. The smallest absolute Gasteiger partial charge is 0.328 e. The molecule has 6 aromatic rings. The van der Waals surface area contributed by atoms with E-state index in [0.29, 0.717) is 30.4 Å². The quantitative estimate of drug-likeness (QED) is 0.124. The number of carbonyl (C=O) groups is 3. The summed E-state index contributed by atoms with van der Waals surface area (Å²) in [5, 5.41) is 18.0. The van der Waals surface area contributed by atoms with Gasteiger partial charge in [-0.2, -0.15) is 10.1 Å². The van der Waals surface area contributed by atoms with Gasteiger partial charge in [0.2, 0.25) is 11.8 Å². The number of aryl methyl sites for hydroxylation is 2. The first kappa shape index (κ1) is 42.7. The Labute approximate surface area is 373 Å². The Balaban J connectivity index is 0.770. The van der Waals surface area contributed by atoms with E-state index in [0.717, 1.165) is 109 Å². The summed E-state index contributed by atoms with van der Waals surface area (Å²) in [4.78, 5) is 55.2. The van der Waals surface area contributed by atoms with Crippen LogP contribution in [0, 0.1) is 19.8 Å². The number of aromatic amines is 1.